The molecule has 17 heavy (non-hydrogen) atoms. The third-order valence-corrected chi connectivity index (χ3v) is 3.40. The molecule has 1 aliphatic carbocycles. The molecule has 0 aromatic carbocycles. The van der Waals surface area contributed by atoms with Crippen molar-refractivity contribution in [3.63, 3.8) is 0 Å². The zero-order chi connectivity index (χ0) is 12.3. The van der Waals surface area contributed by atoms with E-state index < -0.39 is 0 Å². The molecule has 2 unspecified atom stereocenters. The van der Waals surface area contributed by atoms with E-state index in [2.05, 4.69) is 15.0 Å². The van der Waals surface area contributed by atoms with Gasteiger partial charge in [0, 0.05) is 13.0 Å². The van der Waals surface area contributed by atoms with E-state index in [0.29, 0.717) is 18.4 Å². The Bertz CT molecular complexity index is 353. The first-order valence-corrected chi connectivity index (χ1v) is 6.37. The van der Waals surface area contributed by atoms with Gasteiger partial charge in [-0.05, 0) is 25.8 Å². The van der Waals surface area contributed by atoms with Crippen molar-refractivity contribution >= 4 is 0 Å². The van der Waals surface area contributed by atoms with Gasteiger partial charge < -0.3 is 9.63 Å². The fourth-order valence-corrected chi connectivity index (χ4v) is 2.42. The van der Waals surface area contributed by atoms with E-state index in [0.717, 1.165) is 38.1 Å². The molecule has 0 saturated heterocycles. The molecule has 5 heteroatoms. The average Bonchev–Trinajstić information content (AvgIpc) is 2.89. The molecule has 0 amide bonds. The molecule has 2 atom stereocenters. The van der Waals surface area contributed by atoms with Gasteiger partial charge in [-0.15, -0.1) is 0 Å². The molecular weight excluding hydrogens is 218 g/mol. The summed E-state index contributed by atoms with van der Waals surface area (Å²) in [6, 6.07) is 0. The summed E-state index contributed by atoms with van der Waals surface area (Å²) in [6.45, 7) is 3.56. The molecule has 2 rings (SSSR count). The summed E-state index contributed by atoms with van der Waals surface area (Å²) in [5, 5.41) is 13.6. The second kappa shape index (κ2) is 5.60. The van der Waals surface area contributed by atoms with Gasteiger partial charge in [0.2, 0.25) is 5.89 Å². The lowest BCUT2D eigenvalue weighted by Gasteiger charge is -2.21. The Morgan fingerprint density at radius 2 is 2.29 bits per heavy atom. The molecule has 0 spiro atoms. The molecular formula is C12H21N3O2. The number of aryl methyl sites for hydroxylation is 1. The first-order valence-electron chi connectivity index (χ1n) is 6.37. The lowest BCUT2D eigenvalue weighted by Crippen LogP contribution is -2.29. The Morgan fingerprint density at radius 1 is 1.47 bits per heavy atom. The topological polar surface area (TPSA) is 62.4 Å². The molecule has 1 aliphatic rings. The van der Waals surface area contributed by atoms with Crippen LogP contribution in [0.2, 0.25) is 0 Å². The minimum atomic E-state index is -0.133. The van der Waals surface area contributed by atoms with Gasteiger partial charge in [-0.2, -0.15) is 4.98 Å². The summed E-state index contributed by atoms with van der Waals surface area (Å²) in [5.41, 5.74) is 0. The predicted molar refractivity (Wildman–Crippen MR) is 63.4 cm³/mol. The monoisotopic (exact) mass is 239 g/mol. The van der Waals surface area contributed by atoms with E-state index in [9.17, 15) is 5.11 Å². The number of nitrogens with zero attached hydrogens (tertiary/aromatic N) is 3. The van der Waals surface area contributed by atoms with E-state index in [1.165, 1.54) is 0 Å². The first kappa shape index (κ1) is 12.5. The number of aromatic nitrogens is 2. The van der Waals surface area contributed by atoms with Gasteiger partial charge >= 0.3 is 0 Å². The van der Waals surface area contributed by atoms with Gasteiger partial charge in [-0.3, -0.25) is 4.90 Å². The Hall–Kier alpha value is -0.940. The van der Waals surface area contributed by atoms with Crippen molar-refractivity contribution in [1.82, 2.24) is 15.0 Å². The van der Waals surface area contributed by atoms with Crippen molar-refractivity contribution < 1.29 is 9.63 Å². The normalized spacial score (nSPS) is 24.7. The van der Waals surface area contributed by atoms with Gasteiger partial charge in [0.05, 0.1) is 12.6 Å². The van der Waals surface area contributed by atoms with Crippen molar-refractivity contribution in [1.29, 1.82) is 0 Å². The van der Waals surface area contributed by atoms with Gasteiger partial charge in [-0.1, -0.05) is 18.5 Å². The smallest absolute Gasteiger partial charge is 0.240 e. The molecule has 1 aromatic rings. The summed E-state index contributed by atoms with van der Waals surface area (Å²) in [6.07, 6.45) is 3.87. The van der Waals surface area contributed by atoms with E-state index in [4.69, 9.17) is 4.52 Å². The van der Waals surface area contributed by atoms with Crippen molar-refractivity contribution in [2.75, 3.05) is 13.6 Å². The minimum Gasteiger partial charge on any atom is -0.393 e. The van der Waals surface area contributed by atoms with Crippen LogP contribution in [0.3, 0.4) is 0 Å². The maximum atomic E-state index is 9.77. The second-order valence-corrected chi connectivity index (χ2v) is 4.91. The number of aliphatic hydroxyl groups is 1. The van der Waals surface area contributed by atoms with Gasteiger partial charge in [0.25, 0.3) is 0 Å². The fraction of sp³-hybridized carbons (Fsp3) is 0.833. The average molecular weight is 239 g/mol. The maximum Gasteiger partial charge on any atom is 0.240 e. The summed E-state index contributed by atoms with van der Waals surface area (Å²) < 4.78 is 5.15. The minimum absolute atomic E-state index is 0.133. The van der Waals surface area contributed by atoms with Crippen LogP contribution in [-0.2, 0) is 13.0 Å². The molecule has 1 heterocycles. The van der Waals surface area contributed by atoms with E-state index in [1.54, 1.807) is 0 Å². The Balaban J connectivity index is 1.82. The second-order valence-electron chi connectivity index (χ2n) is 4.91. The quantitative estimate of drug-likeness (QED) is 0.837. The highest BCUT2D eigenvalue weighted by atomic mass is 16.5. The van der Waals surface area contributed by atoms with Crippen LogP contribution in [0.25, 0.3) is 0 Å². The van der Waals surface area contributed by atoms with Crippen molar-refractivity contribution in [2.45, 2.75) is 45.3 Å². The highest BCUT2D eigenvalue weighted by Gasteiger charge is 2.26. The molecule has 0 bridgehead atoms. The lowest BCUT2D eigenvalue weighted by molar-refractivity contribution is 0.104. The zero-order valence-corrected chi connectivity index (χ0v) is 10.6. The van der Waals surface area contributed by atoms with Crippen molar-refractivity contribution in [2.24, 2.45) is 5.92 Å². The SMILES string of the molecule is CCc1noc(CN(C)CC2CCCC2O)n1. The highest BCUT2D eigenvalue weighted by molar-refractivity contribution is 4.86. The zero-order valence-electron chi connectivity index (χ0n) is 10.6. The Labute approximate surface area is 102 Å². The van der Waals surface area contributed by atoms with Gasteiger partial charge in [-0.25, -0.2) is 0 Å². The van der Waals surface area contributed by atoms with Crippen LogP contribution >= 0.6 is 0 Å². The third kappa shape index (κ3) is 3.26. The van der Waals surface area contributed by atoms with Crippen LogP contribution in [0.15, 0.2) is 4.52 Å². The molecule has 1 N–H and O–H groups in total. The largest absolute Gasteiger partial charge is 0.393 e. The van der Waals surface area contributed by atoms with E-state index in [1.807, 2.05) is 14.0 Å². The summed E-state index contributed by atoms with van der Waals surface area (Å²) >= 11 is 0. The van der Waals surface area contributed by atoms with Crippen molar-refractivity contribution in [3.8, 4) is 0 Å². The number of rotatable bonds is 5. The van der Waals surface area contributed by atoms with Crippen LogP contribution in [0, 0.1) is 5.92 Å². The molecule has 1 saturated carbocycles. The lowest BCUT2D eigenvalue weighted by atomic mass is 10.1. The van der Waals surface area contributed by atoms with Crippen molar-refractivity contribution in [3.05, 3.63) is 11.7 Å². The maximum absolute atomic E-state index is 9.77. The van der Waals surface area contributed by atoms with E-state index >= 15 is 0 Å². The Morgan fingerprint density at radius 3 is 2.88 bits per heavy atom. The predicted octanol–water partition coefficient (Wildman–Crippen LogP) is 1.22. The number of hydrogen-bond donors (Lipinski definition) is 1. The van der Waals surface area contributed by atoms with E-state index in [-0.39, 0.29) is 6.10 Å². The van der Waals surface area contributed by atoms with Crippen LogP contribution in [0.4, 0.5) is 0 Å². The summed E-state index contributed by atoms with van der Waals surface area (Å²) in [5.74, 6) is 1.82. The molecule has 1 fully saturated rings. The summed E-state index contributed by atoms with van der Waals surface area (Å²) in [4.78, 5) is 6.43. The van der Waals surface area contributed by atoms with Crippen LogP contribution in [0.5, 0.6) is 0 Å². The van der Waals surface area contributed by atoms with Gasteiger partial charge in [0.15, 0.2) is 5.82 Å². The number of hydrogen-bond acceptors (Lipinski definition) is 5. The van der Waals surface area contributed by atoms with Gasteiger partial charge in [0.1, 0.15) is 0 Å². The molecule has 5 nitrogen and oxygen atoms in total. The third-order valence-electron chi connectivity index (χ3n) is 3.40. The first-order chi connectivity index (χ1) is 8.19. The molecule has 96 valence electrons. The Kier molecular flexibility index (Phi) is 4.12. The van der Waals surface area contributed by atoms with Crippen LogP contribution < -0.4 is 0 Å². The van der Waals surface area contributed by atoms with Crippen LogP contribution in [-0.4, -0.2) is 39.8 Å². The number of aliphatic hydroxyl groups excluding tert-OH is 1. The molecule has 0 aliphatic heterocycles. The summed E-state index contributed by atoms with van der Waals surface area (Å²) in [7, 11) is 2.03. The fourth-order valence-electron chi connectivity index (χ4n) is 2.42. The molecule has 1 aromatic heterocycles. The molecule has 0 radical (unpaired) electrons. The standard InChI is InChI=1S/C12H21N3O2/c1-3-11-13-12(17-14-11)8-15(2)7-9-5-4-6-10(9)16/h9-10,16H,3-8H2,1-2H3. The highest BCUT2D eigenvalue weighted by Crippen LogP contribution is 2.26. The van der Waals surface area contributed by atoms with Crippen LogP contribution in [0.1, 0.15) is 37.9 Å².